The van der Waals surface area contributed by atoms with Gasteiger partial charge >= 0.3 is 0 Å². The zero-order valence-corrected chi connectivity index (χ0v) is 10.3. The number of aromatic nitrogens is 1. The van der Waals surface area contributed by atoms with Crippen molar-refractivity contribution in [3.63, 3.8) is 0 Å². The van der Waals surface area contributed by atoms with E-state index in [1.54, 1.807) is 0 Å². The Morgan fingerprint density at radius 1 is 1.31 bits per heavy atom. The van der Waals surface area contributed by atoms with Crippen LogP contribution in [0.1, 0.15) is 30.9 Å². The van der Waals surface area contributed by atoms with Gasteiger partial charge in [0.05, 0.1) is 5.52 Å². The summed E-state index contributed by atoms with van der Waals surface area (Å²) in [5, 5.41) is 1.71. The Kier molecular flexibility index (Phi) is 3.13. The molecule has 1 aromatic carbocycles. The Bertz CT molecular complexity index is 521. The number of halogens is 1. The van der Waals surface area contributed by atoms with Crippen LogP contribution in [0, 0.1) is 0 Å². The van der Waals surface area contributed by atoms with E-state index in [0.717, 1.165) is 22.0 Å². The third kappa shape index (κ3) is 2.04. The number of rotatable bonds is 2. The Morgan fingerprint density at radius 2 is 2.06 bits per heavy atom. The second-order valence-corrected chi connectivity index (χ2v) is 4.61. The molecule has 2 rings (SSSR count). The molecule has 1 aromatic heterocycles. The van der Waals surface area contributed by atoms with Gasteiger partial charge in [0.1, 0.15) is 5.15 Å². The second kappa shape index (κ2) is 4.40. The van der Waals surface area contributed by atoms with Crippen LogP contribution in [0.2, 0.25) is 5.15 Å². The Labute approximate surface area is 100 Å². The van der Waals surface area contributed by atoms with Gasteiger partial charge in [0, 0.05) is 11.9 Å². The van der Waals surface area contributed by atoms with Crippen LogP contribution >= 0.6 is 11.6 Å². The van der Waals surface area contributed by atoms with E-state index in [0.29, 0.717) is 17.6 Å². The lowest BCUT2D eigenvalue weighted by Crippen LogP contribution is -1.97. The van der Waals surface area contributed by atoms with Gasteiger partial charge in [-0.2, -0.15) is 0 Å². The molecular formula is C13H15ClN2. The Hall–Kier alpha value is -1.12. The number of nitrogens with two attached hydrogens (primary N) is 1. The highest BCUT2D eigenvalue weighted by molar-refractivity contribution is 6.30. The summed E-state index contributed by atoms with van der Waals surface area (Å²) in [4.78, 5) is 4.40. The molecule has 0 atom stereocenters. The quantitative estimate of drug-likeness (QED) is 0.809. The van der Waals surface area contributed by atoms with Gasteiger partial charge in [0.25, 0.3) is 0 Å². The van der Waals surface area contributed by atoms with E-state index in [2.05, 4.69) is 31.0 Å². The van der Waals surface area contributed by atoms with Crippen molar-refractivity contribution < 1.29 is 0 Å². The molecule has 0 saturated carbocycles. The smallest absolute Gasteiger partial charge is 0.133 e. The molecule has 0 aliphatic heterocycles. The molecule has 0 spiro atoms. The van der Waals surface area contributed by atoms with Gasteiger partial charge in [-0.05, 0) is 35.2 Å². The van der Waals surface area contributed by atoms with Crippen molar-refractivity contribution in [1.82, 2.24) is 4.98 Å². The molecule has 16 heavy (non-hydrogen) atoms. The number of pyridine rings is 1. The molecule has 0 aliphatic rings. The Balaban J connectivity index is 2.65. The molecule has 2 nitrogen and oxygen atoms in total. The average molecular weight is 235 g/mol. The van der Waals surface area contributed by atoms with Crippen LogP contribution in [0.15, 0.2) is 24.3 Å². The summed E-state index contributed by atoms with van der Waals surface area (Å²) in [6.07, 6.45) is 0. The highest BCUT2D eigenvalue weighted by Gasteiger charge is 2.08. The van der Waals surface area contributed by atoms with Crippen LogP contribution in [0.4, 0.5) is 0 Å². The maximum atomic E-state index is 6.14. The fraction of sp³-hybridized carbons (Fsp3) is 0.308. The predicted molar refractivity (Wildman–Crippen MR) is 68.7 cm³/mol. The summed E-state index contributed by atoms with van der Waals surface area (Å²) < 4.78 is 0. The van der Waals surface area contributed by atoms with E-state index in [1.807, 2.05) is 12.1 Å². The van der Waals surface area contributed by atoms with Gasteiger partial charge in [0.2, 0.25) is 0 Å². The predicted octanol–water partition coefficient (Wildman–Crippen LogP) is 3.47. The number of fused-ring (bicyclic) bond motifs is 1. The monoisotopic (exact) mass is 234 g/mol. The van der Waals surface area contributed by atoms with E-state index in [4.69, 9.17) is 17.3 Å². The third-order valence-electron chi connectivity index (χ3n) is 2.72. The second-order valence-electron chi connectivity index (χ2n) is 4.25. The first-order chi connectivity index (χ1) is 7.61. The molecule has 0 fully saturated rings. The molecule has 2 aromatic rings. The maximum absolute atomic E-state index is 6.14. The SMILES string of the molecule is CC(C)c1cc2cc(CN)ccc2nc1Cl. The van der Waals surface area contributed by atoms with Gasteiger partial charge in [-0.15, -0.1) is 0 Å². The fourth-order valence-electron chi connectivity index (χ4n) is 1.75. The number of hydrogen-bond acceptors (Lipinski definition) is 2. The zero-order valence-electron chi connectivity index (χ0n) is 9.50. The van der Waals surface area contributed by atoms with Crippen LogP contribution in [0.3, 0.4) is 0 Å². The van der Waals surface area contributed by atoms with E-state index in [9.17, 15) is 0 Å². The third-order valence-corrected chi connectivity index (χ3v) is 3.02. The maximum Gasteiger partial charge on any atom is 0.133 e. The van der Waals surface area contributed by atoms with Crippen LogP contribution < -0.4 is 5.73 Å². The highest BCUT2D eigenvalue weighted by atomic mass is 35.5. The summed E-state index contributed by atoms with van der Waals surface area (Å²) in [5.41, 5.74) is 8.75. The van der Waals surface area contributed by atoms with Crippen LogP contribution in [-0.2, 0) is 6.54 Å². The minimum atomic E-state index is 0.380. The lowest BCUT2D eigenvalue weighted by atomic mass is 10.0. The molecule has 0 bridgehead atoms. The summed E-state index contributed by atoms with van der Waals surface area (Å²) in [5.74, 6) is 0.380. The van der Waals surface area contributed by atoms with E-state index in [-0.39, 0.29) is 0 Å². The van der Waals surface area contributed by atoms with Crippen molar-refractivity contribution in [3.8, 4) is 0 Å². The molecule has 1 heterocycles. The van der Waals surface area contributed by atoms with Crippen LogP contribution in [-0.4, -0.2) is 4.98 Å². The Morgan fingerprint density at radius 3 is 2.69 bits per heavy atom. The van der Waals surface area contributed by atoms with Gasteiger partial charge < -0.3 is 5.73 Å². The van der Waals surface area contributed by atoms with Crippen molar-refractivity contribution in [1.29, 1.82) is 0 Å². The topological polar surface area (TPSA) is 38.9 Å². The lowest BCUT2D eigenvalue weighted by Gasteiger charge is -2.09. The molecule has 0 radical (unpaired) electrons. The summed E-state index contributed by atoms with van der Waals surface area (Å²) in [7, 11) is 0. The average Bonchev–Trinajstić information content (AvgIpc) is 2.27. The van der Waals surface area contributed by atoms with Crippen molar-refractivity contribution in [2.45, 2.75) is 26.3 Å². The molecule has 84 valence electrons. The number of benzene rings is 1. The summed E-state index contributed by atoms with van der Waals surface area (Å²) in [6, 6.07) is 8.13. The number of hydrogen-bond donors (Lipinski definition) is 1. The first kappa shape index (κ1) is 11.4. The van der Waals surface area contributed by atoms with Crippen molar-refractivity contribution in [2.75, 3.05) is 0 Å². The molecule has 0 aliphatic carbocycles. The largest absolute Gasteiger partial charge is 0.326 e. The lowest BCUT2D eigenvalue weighted by molar-refractivity contribution is 0.862. The van der Waals surface area contributed by atoms with Crippen molar-refractivity contribution in [3.05, 3.63) is 40.5 Å². The highest BCUT2D eigenvalue weighted by Crippen LogP contribution is 2.26. The molecular weight excluding hydrogens is 220 g/mol. The first-order valence-electron chi connectivity index (χ1n) is 5.41. The van der Waals surface area contributed by atoms with Gasteiger partial charge in [0.15, 0.2) is 0 Å². The summed E-state index contributed by atoms with van der Waals surface area (Å²) in [6.45, 7) is 4.78. The normalized spacial score (nSPS) is 11.3. The molecule has 0 saturated heterocycles. The van der Waals surface area contributed by atoms with Gasteiger partial charge in [-0.25, -0.2) is 4.98 Å². The van der Waals surface area contributed by atoms with E-state index in [1.165, 1.54) is 0 Å². The molecule has 2 N–H and O–H groups in total. The first-order valence-corrected chi connectivity index (χ1v) is 5.78. The van der Waals surface area contributed by atoms with Crippen molar-refractivity contribution in [2.24, 2.45) is 5.73 Å². The summed E-state index contributed by atoms with van der Waals surface area (Å²) >= 11 is 6.14. The molecule has 0 unspecified atom stereocenters. The van der Waals surface area contributed by atoms with Gasteiger partial charge in [-0.3, -0.25) is 0 Å². The minimum Gasteiger partial charge on any atom is -0.326 e. The zero-order chi connectivity index (χ0) is 11.7. The standard InChI is InChI=1S/C13H15ClN2/c1-8(2)11-6-10-5-9(7-15)3-4-12(10)16-13(11)14/h3-6,8H,7,15H2,1-2H3. The van der Waals surface area contributed by atoms with Crippen molar-refractivity contribution >= 4 is 22.5 Å². The minimum absolute atomic E-state index is 0.380. The van der Waals surface area contributed by atoms with Crippen LogP contribution in [0.25, 0.3) is 10.9 Å². The van der Waals surface area contributed by atoms with E-state index < -0.39 is 0 Å². The van der Waals surface area contributed by atoms with Gasteiger partial charge in [-0.1, -0.05) is 31.5 Å². The van der Waals surface area contributed by atoms with E-state index >= 15 is 0 Å². The molecule has 0 amide bonds. The fourth-order valence-corrected chi connectivity index (χ4v) is 2.11. The molecule has 3 heteroatoms. The number of nitrogens with zero attached hydrogens (tertiary/aromatic N) is 1. The van der Waals surface area contributed by atoms with Crippen LogP contribution in [0.5, 0.6) is 0 Å².